The minimum Gasteiger partial charge on any atom is -0.294 e. The Morgan fingerprint density at radius 2 is 1.71 bits per heavy atom. The van der Waals surface area contributed by atoms with Crippen LogP contribution in [0.5, 0.6) is 0 Å². The molecule has 0 saturated carbocycles. The van der Waals surface area contributed by atoms with E-state index in [9.17, 15) is 26.7 Å². The second kappa shape index (κ2) is 5.63. The molecular formula is C15H9F5O. The van der Waals surface area contributed by atoms with E-state index in [0.717, 1.165) is 24.3 Å². The first-order valence-corrected chi connectivity index (χ1v) is 5.92. The number of hydrogen-bond acceptors (Lipinski definition) is 1. The summed E-state index contributed by atoms with van der Waals surface area (Å²) in [6, 6.07) is 6.68. The van der Waals surface area contributed by atoms with Crippen molar-refractivity contribution in [3.63, 3.8) is 0 Å². The number of ketones is 1. The molecule has 0 bridgehead atoms. The maximum atomic E-state index is 13.4. The van der Waals surface area contributed by atoms with Crippen molar-refractivity contribution in [2.75, 3.05) is 0 Å². The molecule has 0 fully saturated rings. The molecule has 0 unspecified atom stereocenters. The highest BCUT2D eigenvalue weighted by atomic mass is 19.4. The van der Waals surface area contributed by atoms with E-state index in [1.54, 1.807) is 0 Å². The molecule has 0 aliphatic carbocycles. The average molecular weight is 300 g/mol. The lowest BCUT2D eigenvalue weighted by Crippen LogP contribution is -2.09. The lowest BCUT2D eigenvalue weighted by molar-refractivity contribution is -0.137. The minimum atomic E-state index is -4.51. The smallest absolute Gasteiger partial charge is 0.294 e. The Kier molecular flexibility index (Phi) is 4.06. The number of carbonyl (C=O) groups is 1. The molecule has 1 nitrogen and oxygen atoms in total. The van der Waals surface area contributed by atoms with Crippen molar-refractivity contribution in [3.8, 4) is 0 Å². The fourth-order valence-corrected chi connectivity index (χ4v) is 1.85. The molecule has 0 aromatic heterocycles. The summed E-state index contributed by atoms with van der Waals surface area (Å²) in [5, 5.41) is 0. The van der Waals surface area contributed by atoms with Gasteiger partial charge in [0.2, 0.25) is 0 Å². The standard InChI is InChI=1S/C15H9F5O/c16-11-4-5-12(13(17)8-11)14(21)7-9-2-1-3-10(6-9)15(18,19)20/h1-6,8H,7H2. The van der Waals surface area contributed by atoms with Crippen LogP contribution in [0.3, 0.4) is 0 Å². The van der Waals surface area contributed by atoms with Crippen LogP contribution >= 0.6 is 0 Å². The molecule has 0 saturated heterocycles. The van der Waals surface area contributed by atoms with Crippen molar-refractivity contribution >= 4 is 5.78 Å². The van der Waals surface area contributed by atoms with Crippen LogP contribution in [0, 0.1) is 11.6 Å². The van der Waals surface area contributed by atoms with E-state index >= 15 is 0 Å². The third-order valence-electron chi connectivity index (χ3n) is 2.85. The number of Topliss-reactive ketones (excluding diaryl/α,β-unsaturated/α-hetero) is 1. The van der Waals surface area contributed by atoms with Crippen LogP contribution in [-0.4, -0.2) is 5.78 Å². The maximum Gasteiger partial charge on any atom is 0.416 e. The fourth-order valence-electron chi connectivity index (χ4n) is 1.85. The normalized spacial score (nSPS) is 11.5. The molecule has 6 heteroatoms. The average Bonchev–Trinajstić information content (AvgIpc) is 2.37. The quantitative estimate of drug-likeness (QED) is 0.606. The van der Waals surface area contributed by atoms with Crippen LogP contribution in [0.1, 0.15) is 21.5 Å². The van der Waals surface area contributed by atoms with Crippen LogP contribution < -0.4 is 0 Å². The van der Waals surface area contributed by atoms with Crippen molar-refractivity contribution in [1.82, 2.24) is 0 Å². The molecule has 0 atom stereocenters. The third kappa shape index (κ3) is 3.65. The van der Waals surface area contributed by atoms with E-state index < -0.39 is 35.6 Å². The first-order valence-electron chi connectivity index (χ1n) is 5.92. The van der Waals surface area contributed by atoms with Crippen LogP contribution in [0.2, 0.25) is 0 Å². The Morgan fingerprint density at radius 3 is 2.33 bits per heavy atom. The van der Waals surface area contributed by atoms with Gasteiger partial charge in [0.15, 0.2) is 5.78 Å². The van der Waals surface area contributed by atoms with E-state index in [-0.39, 0.29) is 11.1 Å². The maximum absolute atomic E-state index is 13.4. The summed E-state index contributed by atoms with van der Waals surface area (Å²) in [6.07, 6.45) is -4.91. The SMILES string of the molecule is O=C(Cc1cccc(C(F)(F)F)c1)c1ccc(F)cc1F. The molecule has 0 N–H and O–H groups in total. The highest BCUT2D eigenvalue weighted by Crippen LogP contribution is 2.29. The Hall–Kier alpha value is -2.24. The predicted octanol–water partition coefficient (Wildman–Crippen LogP) is 4.41. The molecule has 0 heterocycles. The van der Waals surface area contributed by atoms with E-state index in [1.165, 1.54) is 12.1 Å². The fraction of sp³-hybridized carbons (Fsp3) is 0.133. The van der Waals surface area contributed by atoms with Gasteiger partial charge >= 0.3 is 6.18 Å². The van der Waals surface area contributed by atoms with Gasteiger partial charge in [-0.2, -0.15) is 13.2 Å². The van der Waals surface area contributed by atoms with Crippen LogP contribution in [-0.2, 0) is 12.6 Å². The first kappa shape index (κ1) is 15.2. The van der Waals surface area contributed by atoms with Crippen molar-refractivity contribution in [2.45, 2.75) is 12.6 Å². The highest BCUT2D eigenvalue weighted by molar-refractivity contribution is 5.97. The van der Waals surface area contributed by atoms with E-state index in [0.29, 0.717) is 6.07 Å². The van der Waals surface area contributed by atoms with Gasteiger partial charge in [0.1, 0.15) is 11.6 Å². The molecule has 2 aromatic rings. The zero-order valence-corrected chi connectivity index (χ0v) is 10.5. The summed E-state index contributed by atoms with van der Waals surface area (Å²) in [4.78, 5) is 11.9. The van der Waals surface area contributed by atoms with E-state index in [1.807, 2.05) is 0 Å². The third-order valence-corrected chi connectivity index (χ3v) is 2.85. The van der Waals surface area contributed by atoms with Crippen molar-refractivity contribution in [2.24, 2.45) is 0 Å². The van der Waals surface area contributed by atoms with Gasteiger partial charge in [0, 0.05) is 12.5 Å². The lowest BCUT2D eigenvalue weighted by Gasteiger charge is -2.08. The molecule has 0 aliphatic heterocycles. The monoisotopic (exact) mass is 300 g/mol. The zero-order chi connectivity index (χ0) is 15.6. The summed E-state index contributed by atoms with van der Waals surface area (Å²) >= 11 is 0. The Bertz CT molecular complexity index is 676. The van der Waals surface area contributed by atoms with E-state index in [4.69, 9.17) is 0 Å². The Morgan fingerprint density at radius 1 is 1.00 bits per heavy atom. The van der Waals surface area contributed by atoms with Gasteiger partial charge in [0.25, 0.3) is 0 Å². The molecule has 0 amide bonds. The molecule has 21 heavy (non-hydrogen) atoms. The summed E-state index contributed by atoms with van der Waals surface area (Å²) in [6.45, 7) is 0. The predicted molar refractivity (Wildman–Crippen MR) is 65.8 cm³/mol. The summed E-state index contributed by atoms with van der Waals surface area (Å²) in [5.41, 5.74) is -1.13. The minimum absolute atomic E-state index is 0.110. The summed E-state index contributed by atoms with van der Waals surface area (Å²) in [7, 11) is 0. The topological polar surface area (TPSA) is 17.1 Å². The van der Waals surface area contributed by atoms with Gasteiger partial charge in [-0.3, -0.25) is 4.79 Å². The molecule has 0 spiro atoms. The second-order valence-corrected chi connectivity index (χ2v) is 4.42. The largest absolute Gasteiger partial charge is 0.416 e. The Labute approximate surface area is 117 Å². The van der Waals surface area contributed by atoms with Crippen LogP contribution in [0.4, 0.5) is 22.0 Å². The number of alkyl halides is 3. The molecular weight excluding hydrogens is 291 g/mol. The van der Waals surface area contributed by atoms with Gasteiger partial charge < -0.3 is 0 Å². The van der Waals surface area contributed by atoms with Crippen LogP contribution in [0.25, 0.3) is 0 Å². The number of benzene rings is 2. The number of hydrogen-bond donors (Lipinski definition) is 0. The van der Waals surface area contributed by atoms with Gasteiger partial charge in [-0.15, -0.1) is 0 Å². The molecule has 2 rings (SSSR count). The summed E-state index contributed by atoms with van der Waals surface area (Å²) in [5.74, 6) is -2.58. The van der Waals surface area contributed by atoms with E-state index in [2.05, 4.69) is 0 Å². The Balaban J connectivity index is 2.24. The molecule has 110 valence electrons. The van der Waals surface area contributed by atoms with Crippen molar-refractivity contribution < 1.29 is 26.7 Å². The van der Waals surface area contributed by atoms with Crippen molar-refractivity contribution in [3.05, 3.63) is 70.8 Å². The van der Waals surface area contributed by atoms with Gasteiger partial charge in [-0.25, -0.2) is 8.78 Å². The van der Waals surface area contributed by atoms with Gasteiger partial charge in [-0.1, -0.05) is 18.2 Å². The second-order valence-electron chi connectivity index (χ2n) is 4.42. The lowest BCUT2D eigenvalue weighted by atomic mass is 10.0. The molecule has 2 aromatic carbocycles. The van der Waals surface area contributed by atoms with Gasteiger partial charge in [0.05, 0.1) is 11.1 Å². The van der Waals surface area contributed by atoms with Crippen molar-refractivity contribution in [1.29, 1.82) is 0 Å². The number of rotatable bonds is 3. The highest BCUT2D eigenvalue weighted by Gasteiger charge is 2.30. The molecule has 0 aliphatic rings. The zero-order valence-electron chi connectivity index (χ0n) is 10.5. The summed E-state index contributed by atoms with van der Waals surface area (Å²) < 4.78 is 63.8. The molecule has 0 radical (unpaired) electrons. The van der Waals surface area contributed by atoms with Crippen LogP contribution in [0.15, 0.2) is 42.5 Å². The number of carbonyl (C=O) groups excluding carboxylic acids is 1. The van der Waals surface area contributed by atoms with Gasteiger partial charge in [-0.05, 0) is 23.8 Å². The first-order chi connectivity index (χ1) is 9.77. The number of halogens is 5.